The van der Waals surface area contributed by atoms with E-state index in [1.165, 1.54) is 22.3 Å². The molecule has 0 radical (unpaired) electrons. The molecule has 0 spiro atoms. The molecule has 0 aliphatic carbocycles. The van der Waals surface area contributed by atoms with Crippen LogP contribution in [0.15, 0.2) is 40.9 Å². The number of likely N-dealkylation sites (N-methyl/N-ethyl adjacent to an activating group) is 1. The van der Waals surface area contributed by atoms with Crippen molar-refractivity contribution >= 4 is 27.5 Å². The van der Waals surface area contributed by atoms with Gasteiger partial charge in [-0.15, -0.1) is 0 Å². The summed E-state index contributed by atoms with van der Waals surface area (Å²) in [4.78, 5) is 0. The van der Waals surface area contributed by atoms with Gasteiger partial charge in [-0.2, -0.15) is 0 Å². The van der Waals surface area contributed by atoms with Gasteiger partial charge in [0.2, 0.25) is 0 Å². The summed E-state index contributed by atoms with van der Waals surface area (Å²) < 4.78 is 0.949. The summed E-state index contributed by atoms with van der Waals surface area (Å²) >= 11 is 9.61. The third-order valence-electron chi connectivity index (χ3n) is 3.81. The van der Waals surface area contributed by atoms with Crippen LogP contribution in [-0.2, 0) is 6.42 Å². The smallest absolute Gasteiger partial charge is 0.0548 e. The van der Waals surface area contributed by atoms with Gasteiger partial charge in [-0.1, -0.05) is 42.8 Å². The Morgan fingerprint density at radius 1 is 1.10 bits per heavy atom. The Morgan fingerprint density at radius 3 is 2.48 bits per heavy atom. The van der Waals surface area contributed by atoms with Crippen molar-refractivity contribution < 1.29 is 0 Å². The van der Waals surface area contributed by atoms with Crippen LogP contribution in [0.25, 0.3) is 0 Å². The molecule has 2 rings (SSSR count). The minimum atomic E-state index is 0.297. The largest absolute Gasteiger partial charge is 0.310 e. The molecule has 2 aromatic carbocycles. The number of rotatable bonds is 5. The van der Waals surface area contributed by atoms with Crippen molar-refractivity contribution in [3.05, 3.63) is 68.1 Å². The normalized spacial score (nSPS) is 12.4. The van der Waals surface area contributed by atoms with Crippen molar-refractivity contribution in [2.75, 3.05) is 6.54 Å². The summed E-state index contributed by atoms with van der Waals surface area (Å²) in [5, 5.41) is 4.31. The van der Waals surface area contributed by atoms with E-state index in [1.807, 2.05) is 6.07 Å². The molecule has 21 heavy (non-hydrogen) atoms. The lowest BCUT2D eigenvalue weighted by Crippen LogP contribution is -2.23. The topological polar surface area (TPSA) is 12.0 Å². The van der Waals surface area contributed by atoms with Gasteiger partial charge in [0.15, 0.2) is 0 Å². The van der Waals surface area contributed by atoms with Crippen LogP contribution in [0.4, 0.5) is 0 Å². The van der Waals surface area contributed by atoms with E-state index < -0.39 is 0 Å². The summed E-state index contributed by atoms with van der Waals surface area (Å²) in [7, 11) is 0. The maximum Gasteiger partial charge on any atom is 0.0548 e. The fourth-order valence-electron chi connectivity index (χ4n) is 2.45. The lowest BCUT2D eigenvalue weighted by atomic mass is 9.96. The van der Waals surface area contributed by atoms with Gasteiger partial charge in [0.05, 0.1) is 5.02 Å². The van der Waals surface area contributed by atoms with Crippen molar-refractivity contribution in [2.45, 2.75) is 33.2 Å². The molecule has 0 bridgehead atoms. The van der Waals surface area contributed by atoms with Crippen LogP contribution in [0, 0.1) is 13.8 Å². The standard InChI is InChI=1S/C18H21BrClN/c1-4-21-18(15-7-8-17(20)16(19)11-15)10-14-6-5-12(2)13(3)9-14/h5-9,11,18,21H,4,10H2,1-3H3. The van der Waals surface area contributed by atoms with Crippen LogP contribution >= 0.6 is 27.5 Å². The first-order chi connectivity index (χ1) is 10.0. The highest BCUT2D eigenvalue weighted by molar-refractivity contribution is 9.10. The molecule has 0 fully saturated rings. The molecular weight excluding hydrogens is 346 g/mol. The van der Waals surface area contributed by atoms with E-state index in [0.29, 0.717) is 6.04 Å². The van der Waals surface area contributed by atoms with Gasteiger partial charge in [0.1, 0.15) is 0 Å². The molecule has 0 saturated carbocycles. The van der Waals surface area contributed by atoms with Crippen LogP contribution in [-0.4, -0.2) is 6.54 Å². The maximum atomic E-state index is 6.09. The molecule has 1 nitrogen and oxygen atoms in total. The third-order valence-corrected chi connectivity index (χ3v) is 5.02. The summed E-state index contributed by atoms with van der Waals surface area (Å²) in [6.07, 6.45) is 0.975. The second-order valence-corrected chi connectivity index (χ2v) is 6.67. The first-order valence-electron chi connectivity index (χ1n) is 7.25. The van der Waals surface area contributed by atoms with Crippen molar-refractivity contribution in [3.8, 4) is 0 Å². The zero-order chi connectivity index (χ0) is 15.4. The zero-order valence-corrected chi connectivity index (χ0v) is 15.1. The molecule has 0 saturated heterocycles. The average Bonchev–Trinajstić information content (AvgIpc) is 2.45. The van der Waals surface area contributed by atoms with Crippen LogP contribution < -0.4 is 5.32 Å². The number of aryl methyl sites for hydroxylation is 2. The van der Waals surface area contributed by atoms with Crippen molar-refractivity contribution in [1.82, 2.24) is 5.32 Å². The van der Waals surface area contributed by atoms with Crippen LogP contribution in [0.1, 0.15) is 35.2 Å². The number of hydrogen-bond acceptors (Lipinski definition) is 1. The summed E-state index contributed by atoms with van der Waals surface area (Å²) in [5.41, 5.74) is 5.30. The Hall–Kier alpha value is -0.830. The van der Waals surface area contributed by atoms with E-state index in [2.05, 4.69) is 72.3 Å². The van der Waals surface area contributed by atoms with Crippen molar-refractivity contribution in [2.24, 2.45) is 0 Å². The Balaban J connectivity index is 2.25. The quantitative estimate of drug-likeness (QED) is 0.725. The second kappa shape index (κ2) is 7.44. The Kier molecular flexibility index (Phi) is 5.86. The number of nitrogens with one attached hydrogen (secondary N) is 1. The van der Waals surface area contributed by atoms with Crippen molar-refractivity contribution in [1.29, 1.82) is 0 Å². The van der Waals surface area contributed by atoms with E-state index in [9.17, 15) is 0 Å². The van der Waals surface area contributed by atoms with Gasteiger partial charge in [-0.25, -0.2) is 0 Å². The lowest BCUT2D eigenvalue weighted by Gasteiger charge is -2.19. The Morgan fingerprint density at radius 2 is 1.86 bits per heavy atom. The van der Waals surface area contributed by atoms with E-state index in [-0.39, 0.29) is 0 Å². The molecule has 0 heterocycles. The minimum absolute atomic E-state index is 0.297. The van der Waals surface area contributed by atoms with Crippen molar-refractivity contribution in [3.63, 3.8) is 0 Å². The number of halogens is 2. The SMILES string of the molecule is CCNC(Cc1ccc(C)c(C)c1)c1ccc(Cl)c(Br)c1. The maximum absolute atomic E-state index is 6.09. The van der Waals surface area contributed by atoms with Gasteiger partial charge in [-0.05, 0) is 77.1 Å². The number of benzene rings is 2. The van der Waals surface area contributed by atoms with E-state index >= 15 is 0 Å². The highest BCUT2D eigenvalue weighted by atomic mass is 79.9. The number of hydrogen-bond donors (Lipinski definition) is 1. The molecule has 3 heteroatoms. The fraction of sp³-hybridized carbons (Fsp3) is 0.333. The summed E-state index contributed by atoms with van der Waals surface area (Å²) in [5.74, 6) is 0. The molecule has 0 aliphatic heterocycles. The minimum Gasteiger partial charge on any atom is -0.310 e. The molecular formula is C18H21BrClN. The lowest BCUT2D eigenvalue weighted by molar-refractivity contribution is 0.549. The summed E-state index contributed by atoms with van der Waals surface area (Å²) in [6, 6.07) is 13.2. The second-order valence-electron chi connectivity index (χ2n) is 5.41. The first-order valence-corrected chi connectivity index (χ1v) is 8.42. The molecule has 2 aromatic rings. The predicted molar refractivity (Wildman–Crippen MR) is 95.2 cm³/mol. The molecule has 0 aliphatic rings. The van der Waals surface area contributed by atoms with Gasteiger partial charge in [-0.3, -0.25) is 0 Å². The van der Waals surface area contributed by atoms with Gasteiger partial charge < -0.3 is 5.32 Å². The van der Waals surface area contributed by atoms with E-state index in [0.717, 1.165) is 22.5 Å². The highest BCUT2D eigenvalue weighted by Gasteiger charge is 2.13. The van der Waals surface area contributed by atoms with Gasteiger partial charge >= 0.3 is 0 Å². The Bertz CT molecular complexity index is 625. The van der Waals surface area contributed by atoms with E-state index in [1.54, 1.807) is 0 Å². The van der Waals surface area contributed by atoms with Crippen LogP contribution in [0.2, 0.25) is 5.02 Å². The Labute approximate surface area is 140 Å². The van der Waals surface area contributed by atoms with E-state index in [4.69, 9.17) is 11.6 Å². The fourth-order valence-corrected chi connectivity index (χ4v) is 2.96. The first kappa shape index (κ1) is 16.5. The van der Waals surface area contributed by atoms with Gasteiger partial charge in [0, 0.05) is 10.5 Å². The molecule has 0 amide bonds. The van der Waals surface area contributed by atoms with Crippen LogP contribution in [0.3, 0.4) is 0 Å². The van der Waals surface area contributed by atoms with Gasteiger partial charge in [0.25, 0.3) is 0 Å². The highest BCUT2D eigenvalue weighted by Crippen LogP contribution is 2.28. The monoisotopic (exact) mass is 365 g/mol. The average molecular weight is 367 g/mol. The molecule has 112 valence electrons. The third kappa shape index (κ3) is 4.32. The zero-order valence-electron chi connectivity index (χ0n) is 12.7. The molecule has 1 N–H and O–H groups in total. The molecule has 1 atom stereocenters. The molecule has 1 unspecified atom stereocenters. The van der Waals surface area contributed by atoms with Crippen LogP contribution in [0.5, 0.6) is 0 Å². The summed E-state index contributed by atoms with van der Waals surface area (Å²) in [6.45, 7) is 7.39. The molecule has 0 aromatic heterocycles. The predicted octanol–water partition coefficient (Wildman–Crippen LogP) is 5.61.